The Morgan fingerprint density at radius 1 is 1.16 bits per heavy atom. The number of sulfone groups is 1. The summed E-state index contributed by atoms with van der Waals surface area (Å²) in [5.74, 6) is 0.310. The number of halogens is 1. The minimum Gasteiger partial charge on any atom is -0.478 e. The van der Waals surface area contributed by atoms with E-state index in [2.05, 4.69) is 15.9 Å². The molecule has 0 saturated heterocycles. The molecule has 102 valence electrons. The van der Waals surface area contributed by atoms with E-state index in [1.54, 1.807) is 26.0 Å². The van der Waals surface area contributed by atoms with E-state index in [0.717, 1.165) is 6.26 Å². The average molecular weight is 345 g/mol. The third-order valence-electron chi connectivity index (χ3n) is 2.85. The van der Waals surface area contributed by atoms with Crippen LogP contribution in [0.25, 0.3) is 5.76 Å². The van der Waals surface area contributed by atoms with Gasteiger partial charge >= 0.3 is 0 Å². The highest BCUT2D eigenvalue weighted by Crippen LogP contribution is 2.39. The second-order valence-corrected chi connectivity index (χ2v) is 7.69. The van der Waals surface area contributed by atoms with Crippen LogP contribution in [0.3, 0.4) is 0 Å². The minimum absolute atomic E-state index is 0.130. The molecule has 0 saturated carbocycles. The quantitative estimate of drug-likeness (QED) is 0.827. The fourth-order valence-corrected chi connectivity index (χ4v) is 3.17. The van der Waals surface area contributed by atoms with Crippen LogP contribution in [0.5, 0.6) is 0 Å². The molecule has 0 unspecified atom stereocenters. The van der Waals surface area contributed by atoms with Gasteiger partial charge in [-0.1, -0.05) is 0 Å². The van der Waals surface area contributed by atoms with E-state index in [4.69, 9.17) is 4.74 Å². The number of ketones is 1. The Bertz CT molecular complexity index is 669. The van der Waals surface area contributed by atoms with Crippen molar-refractivity contribution >= 4 is 37.3 Å². The molecular weight excluding hydrogens is 332 g/mol. The van der Waals surface area contributed by atoms with E-state index in [1.165, 1.54) is 12.1 Å². The highest BCUT2D eigenvalue weighted by atomic mass is 79.9. The van der Waals surface area contributed by atoms with Crippen molar-refractivity contribution in [3.8, 4) is 0 Å². The Morgan fingerprint density at radius 2 is 1.68 bits per heavy atom. The lowest BCUT2D eigenvalue weighted by atomic mass is 10.1. The molecule has 1 aliphatic heterocycles. The predicted octanol–water partition coefficient (Wildman–Crippen LogP) is 2.53. The molecule has 4 nitrogen and oxygen atoms in total. The van der Waals surface area contributed by atoms with Crippen molar-refractivity contribution in [3.05, 3.63) is 34.3 Å². The minimum atomic E-state index is -3.23. The van der Waals surface area contributed by atoms with Crippen molar-refractivity contribution in [2.75, 3.05) is 6.26 Å². The highest BCUT2D eigenvalue weighted by Gasteiger charge is 2.41. The average Bonchev–Trinajstić information content (AvgIpc) is 2.52. The second kappa shape index (κ2) is 4.45. The molecular formula is C13H13BrO4S. The number of benzene rings is 1. The topological polar surface area (TPSA) is 60.4 Å². The molecule has 0 amide bonds. The summed E-state index contributed by atoms with van der Waals surface area (Å²) in [4.78, 5) is 12.1. The molecule has 0 bridgehead atoms. The van der Waals surface area contributed by atoms with Crippen LogP contribution in [0.15, 0.2) is 33.6 Å². The maximum atomic E-state index is 11.9. The predicted molar refractivity (Wildman–Crippen MR) is 75.6 cm³/mol. The van der Waals surface area contributed by atoms with Gasteiger partial charge in [0.15, 0.2) is 15.4 Å². The lowest BCUT2D eigenvalue weighted by Crippen LogP contribution is -2.28. The molecule has 0 fully saturated rings. The van der Waals surface area contributed by atoms with E-state index in [-0.39, 0.29) is 10.7 Å². The summed E-state index contributed by atoms with van der Waals surface area (Å²) in [6.07, 6.45) is 1.15. The summed E-state index contributed by atoms with van der Waals surface area (Å²) in [5, 5.41) is 0. The molecule has 1 aliphatic rings. The Kier molecular flexibility index (Phi) is 3.35. The van der Waals surface area contributed by atoms with Crippen molar-refractivity contribution in [1.82, 2.24) is 0 Å². The van der Waals surface area contributed by atoms with Crippen LogP contribution in [-0.2, 0) is 19.4 Å². The monoisotopic (exact) mass is 344 g/mol. The van der Waals surface area contributed by atoms with Crippen molar-refractivity contribution in [1.29, 1.82) is 0 Å². The van der Waals surface area contributed by atoms with E-state index in [0.29, 0.717) is 15.8 Å². The molecule has 1 aromatic carbocycles. The molecule has 0 N–H and O–H groups in total. The number of ether oxygens (including phenoxy) is 1. The maximum absolute atomic E-state index is 11.9. The van der Waals surface area contributed by atoms with Crippen molar-refractivity contribution in [2.45, 2.75) is 24.3 Å². The zero-order chi connectivity index (χ0) is 14.4. The standard InChI is InChI=1S/C13H13BrO4S/c1-13(2)12(15)10(14)11(18-13)8-4-6-9(7-5-8)19(3,16)17/h4-7H,1-3H3. The van der Waals surface area contributed by atoms with Crippen molar-refractivity contribution in [2.24, 2.45) is 0 Å². The van der Waals surface area contributed by atoms with Crippen LogP contribution in [0.2, 0.25) is 0 Å². The summed E-state index contributed by atoms with van der Waals surface area (Å²) in [7, 11) is -3.23. The van der Waals surface area contributed by atoms with Crippen molar-refractivity contribution < 1.29 is 17.9 Å². The Hall–Kier alpha value is -1.14. The Labute approximate surface area is 120 Å². The Balaban J connectivity index is 2.43. The van der Waals surface area contributed by atoms with Gasteiger partial charge in [0, 0.05) is 11.8 Å². The van der Waals surface area contributed by atoms with E-state index >= 15 is 0 Å². The molecule has 0 atom stereocenters. The number of rotatable bonds is 2. The number of carbonyl (C=O) groups excluding carboxylic acids is 1. The third-order valence-corrected chi connectivity index (χ3v) is 4.70. The SMILES string of the molecule is CC1(C)OC(c2ccc(S(C)(=O)=O)cc2)=C(Br)C1=O. The lowest BCUT2D eigenvalue weighted by Gasteiger charge is -2.17. The number of carbonyl (C=O) groups is 1. The zero-order valence-corrected chi connectivity index (χ0v) is 13.1. The highest BCUT2D eigenvalue weighted by molar-refractivity contribution is 9.12. The molecule has 19 heavy (non-hydrogen) atoms. The summed E-state index contributed by atoms with van der Waals surface area (Å²) in [6, 6.07) is 6.25. The normalized spacial score (nSPS) is 18.6. The largest absolute Gasteiger partial charge is 0.478 e. The lowest BCUT2D eigenvalue weighted by molar-refractivity contribution is -0.125. The first-order valence-electron chi connectivity index (χ1n) is 5.57. The van der Waals surface area contributed by atoms with Crippen LogP contribution in [0.4, 0.5) is 0 Å². The summed E-state index contributed by atoms with van der Waals surface area (Å²) in [6.45, 7) is 3.38. The van der Waals surface area contributed by atoms with Gasteiger partial charge in [0.1, 0.15) is 10.2 Å². The smallest absolute Gasteiger partial charge is 0.216 e. The van der Waals surface area contributed by atoms with Gasteiger partial charge in [-0.25, -0.2) is 8.42 Å². The van der Waals surface area contributed by atoms with Gasteiger partial charge in [0.05, 0.1) is 4.90 Å². The fraction of sp³-hybridized carbons (Fsp3) is 0.308. The van der Waals surface area contributed by atoms with Gasteiger partial charge < -0.3 is 4.74 Å². The van der Waals surface area contributed by atoms with Crippen LogP contribution >= 0.6 is 15.9 Å². The molecule has 6 heteroatoms. The molecule has 1 aromatic rings. The van der Waals surface area contributed by atoms with Gasteiger partial charge in [0.25, 0.3) is 0 Å². The van der Waals surface area contributed by atoms with Gasteiger partial charge in [0.2, 0.25) is 5.78 Å². The molecule has 0 radical (unpaired) electrons. The van der Waals surface area contributed by atoms with Gasteiger partial charge in [-0.3, -0.25) is 4.79 Å². The number of Topliss-reactive ketones (excluding diaryl/α,β-unsaturated/α-hetero) is 1. The van der Waals surface area contributed by atoms with Gasteiger partial charge in [-0.15, -0.1) is 0 Å². The summed E-state index contributed by atoms with van der Waals surface area (Å²) < 4.78 is 28.8. The molecule has 0 spiro atoms. The van der Waals surface area contributed by atoms with Crippen LogP contribution < -0.4 is 0 Å². The summed E-state index contributed by atoms with van der Waals surface area (Å²) in [5.41, 5.74) is -0.234. The molecule has 2 rings (SSSR count). The van der Waals surface area contributed by atoms with E-state index < -0.39 is 15.4 Å². The number of hydrogen-bond acceptors (Lipinski definition) is 4. The van der Waals surface area contributed by atoms with Gasteiger partial charge in [-0.2, -0.15) is 0 Å². The molecule has 0 aromatic heterocycles. The molecule has 0 aliphatic carbocycles. The number of hydrogen-bond donors (Lipinski definition) is 0. The fourth-order valence-electron chi connectivity index (χ4n) is 1.75. The van der Waals surface area contributed by atoms with Crippen LogP contribution in [-0.4, -0.2) is 26.1 Å². The third kappa shape index (κ3) is 2.60. The van der Waals surface area contributed by atoms with E-state index in [9.17, 15) is 13.2 Å². The van der Waals surface area contributed by atoms with Gasteiger partial charge in [-0.05, 0) is 54.0 Å². The van der Waals surface area contributed by atoms with Crippen LogP contribution in [0, 0.1) is 0 Å². The first-order chi connectivity index (χ1) is 8.63. The van der Waals surface area contributed by atoms with Crippen molar-refractivity contribution in [3.63, 3.8) is 0 Å². The summed E-state index contributed by atoms with van der Waals surface area (Å²) >= 11 is 3.23. The van der Waals surface area contributed by atoms with Crippen LogP contribution in [0.1, 0.15) is 19.4 Å². The van der Waals surface area contributed by atoms with E-state index in [1.807, 2.05) is 0 Å². The first-order valence-corrected chi connectivity index (χ1v) is 8.25. The Morgan fingerprint density at radius 3 is 2.05 bits per heavy atom. The first kappa shape index (κ1) is 14.3. The zero-order valence-electron chi connectivity index (χ0n) is 10.7. The maximum Gasteiger partial charge on any atom is 0.216 e. The second-order valence-electron chi connectivity index (χ2n) is 4.88. The molecule has 1 heterocycles.